The van der Waals surface area contributed by atoms with Gasteiger partial charge in [0, 0.05) is 11.8 Å². The summed E-state index contributed by atoms with van der Waals surface area (Å²) in [6, 6.07) is 5.53. The minimum atomic E-state index is -3.12. The molecule has 0 spiro atoms. The summed E-state index contributed by atoms with van der Waals surface area (Å²) in [6.45, 7) is -2.76. The van der Waals surface area contributed by atoms with Crippen molar-refractivity contribution in [3.8, 4) is 22.1 Å². The van der Waals surface area contributed by atoms with Crippen LogP contribution in [0.4, 0.5) is 13.2 Å². The van der Waals surface area contributed by atoms with E-state index in [2.05, 4.69) is 25.0 Å². The number of aromatic nitrogens is 5. The van der Waals surface area contributed by atoms with Crippen LogP contribution in [0.25, 0.3) is 22.2 Å². The molecule has 0 saturated heterocycles. The van der Waals surface area contributed by atoms with Crippen LogP contribution >= 0.6 is 11.3 Å². The average Bonchev–Trinajstić information content (AvgIpc) is 3.30. The molecular formula is C17H12F3N5O2S. The maximum atomic E-state index is 13.7. The lowest BCUT2D eigenvalue weighted by Crippen LogP contribution is -2.04. The summed E-state index contributed by atoms with van der Waals surface area (Å²) < 4.78 is 49.5. The van der Waals surface area contributed by atoms with Crippen LogP contribution in [-0.4, -0.2) is 38.7 Å². The first-order chi connectivity index (χ1) is 13.5. The Bertz CT molecular complexity index is 1130. The van der Waals surface area contributed by atoms with Crippen molar-refractivity contribution >= 4 is 22.4 Å². The van der Waals surface area contributed by atoms with E-state index in [0.717, 1.165) is 6.07 Å². The van der Waals surface area contributed by atoms with E-state index in [4.69, 9.17) is 4.74 Å². The molecule has 4 aromatic rings. The molecule has 0 aliphatic carbocycles. The highest BCUT2D eigenvalue weighted by molar-refractivity contribution is 7.13. The molecule has 11 heteroatoms. The zero-order valence-corrected chi connectivity index (χ0v) is 15.2. The molecule has 0 bridgehead atoms. The van der Waals surface area contributed by atoms with Crippen LogP contribution in [0, 0.1) is 5.82 Å². The van der Waals surface area contributed by atoms with Crippen molar-refractivity contribution in [1.82, 2.24) is 25.0 Å². The van der Waals surface area contributed by atoms with Gasteiger partial charge in [-0.25, -0.2) is 4.39 Å². The number of methoxy groups -OCH3 is 1. The van der Waals surface area contributed by atoms with Gasteiger partial charge in [0.25, 0.3) is 5.19 Å². The fourth-order valence-electron chi connectivity index (χ4n) is 2.62. The Balaban J connectivity index is 1.69. The van der Waals surface area contributed by atoms with Crippen molar-refractivity contribution in [2.45, 2.75) is 13.2 Å². The largest absolute Gasteiger partial charge is 0.472 e. The fraction of sp³-hybridized carbons (Fsp3) is 0.176. The smallest absolute Gasteiger partial charge is 0.387 e. The SMILES string of the molecule is COc1nnc(Cn2ncc3ncc(-c4ccc(F)c(OC(F)F)c4)cc32)s1. The van der Waals surface area contributed by atoms with Gasteiger partial charge in [0.1, 0.15) is 10.5 Å². The number of alkyl halides is 2. The van der Waals surface area contributed by atoms with Gasteiger partial charge in [-0.15, -0.1) is 5.10 Å². The standard InChI is InChI=1S/C17H12F3N5O2S/c1-26-17-24-23-15(28-17)8-25-13-4-10(6-21-12(13)7-22-25)9-2-3-11(18)14(5-9)27-16(19)20/h2-7,16H,8H2,1H3. The van der Waals surface area contributed by atoms with Crippen LogP contribution in [0.15, 0.2) is 36.7 Å². The van der Waals surface area contributed by atoms with Crippen molar-refractivity contribution in [2.24, 2.45) is 0 Å². The quantitative estimate of drug-likeness (QED) is 0.485. The highest BCUT2D eigenvalue weighted by Crippen LogP contribution is 2.29. The van der Waals surface area contributed by atoms with Gasteiger partial charge in [-0.2, -0.15) is 13.9 Å². The zero-order valence-electron chi connectivity index (χ0n) is 14.3. The Morgan fingerprint density at radius 1 is 1.14 bits per heavy atom. The molecule has 4 rings (SSSR count). The van der Waals surface area contributed by atoms with E-state index in [1.54, 1.807) is 23.1 Å². The van der Waals surface area contributed by atoms with E-state index >= 15 is 0 Å². The maximum absolute atomic E-state index is 13.7. The number of benzene rings is 1. The molecule has 0 fully saturated rings. The molecular weight excluding hydrogens is 395 g/mol. The molecule has 144 valence electrons. The van der Waals surface area contributed by atoms with E-state index in [1.165, 1.54) is 30.6 Å². The first-order valence-electron chi connectivity index (χ1n) is 7.96. The third kappa shape index (κ3) is 3.60. The van der Waals surface area contributed by atoms with E-state index in [-0.39, 0.29) is 0 Å². The number of ether oxygens (including phenoxy) is 2. The van der Waals surface area contributed by atoms with Crippen molar-refractivity contribution in [1.29, 1.82) is 0 Å². The Hall–Kier alpha value is -3.21. The molecule has 7 nitrogen and oxygen atoms in total. The third-order valence-corrected chi connectivity index (χ3v) is 4.75. The second kappa shape index (κ2) is 7.43. The highest BCUT2D eigenvalue weighted by Gasteiger charge is 2.14. The first-order valence-corrected chi connectivity index (χ1v) is 8.78. The number of fused-ring (bicyclic) bond motifs is 1. The van der Waals surface area contributed by atoms with Crippen molar-refractivity contribution in [3.05, 3.63) is 47.5 Å². The number of hydrogen-bond acceptors (Lipinski definition) is 7. The summed E-state index contributed by atoms with van der Waals surface area (Å²) in [5.41, 5.74) is 2.43. The van der Waals surface area contributed by atoms with Crippen molar-refractivity contribution < 1.29 is 22.6 Å². The number of hydrogen-bond donors (Lipinski definition) is 0. The lowest BCUT2D eigenvalue weighted by Gasteiger charge is -2.09. The van der Waals surface area contributed by atoms with Gasteiger partial charge < -0.3 is 9.47 Å². The highest BCUT2D eigenvalue weighted by atomic mass is 32.1. The molecule has 0 aliphatic rings. The normalized spacial score (nSPS) is 11.3. The lowest BCUT2D eigenvalue weighted by molar-refractivity contribution is -0.0521. The summed E-state index contributed by atoms with van der Waals surface area (Å²) in [7, 11) is 1.51. The third-order valence-electron chi connectivity index (χ3n) is 3.88. The zero-order chi connectivity index (χ0) is 19.7. The fourth-order valence-corrected chi connectivity index (χ4v) is 3.26. The monoisotopic (exact) mass is 407 g/mol. The Kier molecular flexibility index (Phi) is 4.82. The van der Waals surface area contributed by atoms with E-state index < -0.39 is 18.2 Å². The summed E-state index contributed by atoms with van der Waals surface area (Å²) in [5.74, 6) is -1.39. The molecule has 28 heavy (non-hydrogen) atoms. The molecule has 1 aromatic carbocycles. The predicted molar refractivity (Wildman–Crippen MR) is 95.1 cm³/mol. The van der Waals surface area contributed by atoms with Gasteiger partial charge in [0.2, 0.25) is 0 Å². The molecule has 3 heterocycles. The summed E-state index contributed by atoms with van der Waals surface area (Å²) >= 11 is 1.29. The molecule has 0 N–H and O–H groups in total. The van der Waals surface area contributed by atoms with Gasteiger partial charge in [0.05, 0.1) is 25.4 Å². The number of halogens is 3. The molecule has 0 atom stereocenters. The van der Waals surface area contributed by atoms with Gasteiger partial charge in [-0.05, 0) is 23.8 Å². The van der Waals surface area contributed by atoms with Crippen LogP contribution in [0.2, 0.25) is 0 Å². The van der Waals surface area contributed by atoms with Crippen LogP contribution in [0.3, 0.4) is 0 Å². The topological polar surface area (TPSA) is 75.0 Å². The summed E-state index contributed by atoms with van der Waals surface area (Å²) in [5, 5.41) is 13.4. The minimum Gasteiger partial charge on any atom is -0.472 e. The predicted octanol–water partition coefficient (Wildman–Crippen LogP) is 3.75. The molecule has 0 aliphatic heterocycles. The van der Waals surface area contributed by atoms with E-state index in [9.17, 15) is 13.2 Å². The molecule has 0 saturated carbocycles. The second-order valence-electron chi connectivity index (χ2n) is 5.62. The van der Waals surface area contributed by atoms with Gasteiger partial charge in [-0.1, -0.05) is 22.5 Å². The van der Waals surface area contributed by atoms with Gasteiger partial charge in [-0.3, -0.25) is 9.67 Å². The summed E-state index contributed by atoms with van der Waals surface area (Å²) in [4.78, 5) is 4.33. The van der Waals surface area contributed by atoms with E-state index in [0.29, 0.717) is 38.9 Å². The van der Waals surface area contributed by atoms with Crippen LogP contribution < -0.4 is 9.47 Å². The van der Waals surface area contributed by atoms with Gasteiger partial charge >= 0.3 is 6.61 Å². The number of rotatable bonds is 6. The Labute approximate surface area is 160 Å². The van der Waals surface area contributed by atoms with Crippen molar-refractivity contribution in [3.63, 3.8) is 0 Å². The molecule has 3 aromatic heterocycles. The number of pyridine rings is 1. The first kappa shape index (κ1) is 18.2. The molecule has 0 radical (unpaired) electrons. The van der Waals surface area contributed by atoms with Crippen LogP contribution in [0.1, 0.15) is 5.01 Å². The lowest BCUT2D eigenvalue weighted by atomic mass is 10.1. The summed E-state index contributed by atoms with van der Waals surface area (Å²) in [6.07, 6.45) is 3.16. The minimum absolute atomic E-state index is 0.360. The second-order valence-corrected chi connectivity index (χ2v) is 6.64. The average molecular weight is 407 g/mol. The Morgan fingerprint density at radius 2 is 2.00 bits per heavy atom. The Morgan fingerprint density at radius 3 is 2.75 bits per heavy atom. The number of nitrogens with zero attached hydrogens (tertiary/aromatic N) is 5. The van der Waals surface area contributed by atoms with Crippen LogP contribution in [-0.2, 0) is 6.54 Å². The molecule has 0 amide bonds. The van der Waals surface area contributed by atoms with Crippen molar-refractivity contribution in [2.75, 3.05) is 7.11 Å². The maximum Gasteiger partial charge on any atom is 0.387 e. The molecule has 0 unspecified atom stereocenters. The van der Waals surface area contributed by atoms with E-state index in [1.807, 2.05) is 0 Å². The van der Waals surface area contributed by atoms with Crippen LogP contribution in [0.5, 0.6) is 10.9 Å². The van der Waals surface area contributed by atoms with Gasteiger partial charge in [0.15, 0.2) is 11.6 Å².